The maximum Gasteiger partial charge on any atom is 0.228 e. The van der Waals surface area contributed by atoms with Gasteiger partial charge in [0.25, 0.3) is 0 Å². The van der Waals surface area contributed by atoms with E-state index in [4.69, 9.17) is 5.11 Å². The molecule has 1 atom stereocenters. The molecule has 16 heavy (non-hydrogen) atoms. The molecule has 2 rings (SSSR count). The zero-order valence-electron chi connectivity index (χ0n) is 8.97. The summed E-state index contributed by atoms with van der Waals surface area (Å²) in [6.07, 6.45) is 1.08. The number of nitrogens with zero attached hydrogens (tertiary/aromatic N) is 1. The maximum atomic E-state index is 11.8. The van der Waals surface area contributed by atoms with Crippen molar-refractivity contribution in [2.75, 3.05) is 18.1 Å². The molecule has 1 saturated heterocycles. The number of hydrogen-bond acceptors (Lipinski definition) is 3. The van der Waals surface area contributed by atoms with E-state index in [1.165, 1.54) is 0 Å². The Balaban J connectivity index is 2.29. The normalized spacial score (nSPS) is 20.5. The lowest BCUT2D eigenvalue weighted by Gasteiger charge is -2.19. The molecular formula is C12H15NO2S. The van der Waals surface area contributed by atoms with Crippen molar-refractivity contribution >= 4 is 24.2 Å². The van der Waals surface area contributed by atoms with Gasteiger partial charge >= 0.3 is 0 Å². The summed E-state index contributed by atoms with van der Waals surface area (Å²) in [4.78, 5) is 13.5. The van der Waals surface area contributed by atoms with E-state index in [2.05, 4.69) is 12.6 Å². The van der Waals surface area contributed by atoms with Crippen molar-refractivity contribution in [1.29, 1.82) is 0 Å². The first-order valence-electron chi connectivity index (χ1n) is 5.39. The van der Waals surface area contributed by atoms with E-state index in [0.717, 1.165) is 11.3 Å². The predicted octanol–water partition coefficient (Wildman–Crippen LogP) is 1.26. The smallest absolute Gasteiger partial charge is 0.228 e. The van der Waals surface area contributed by atoms with Crippen molar-refractivity contribution < 1.29 is 9.90 Å². The van der Waals surface area contributed by atoms with Gasteiger partial charge in [-0.05, 0) is 18.1 Å². The number of aliphatic hydroxyl groups excluding tert-OH is 1. The minimum absolute atomic E-state index is 0.101. The molecule has 1 heterocycles. The molecule has 0 radical (unpaired) electrons. The number of benzene rings is 1. The largest absolute Gasteiger partial charge is 0.396 e. The molecule has 1 aliphatic heterocycles. The average Bonchev–Trinajstić information content (AvgIpc) is 2.59. The van der Waals surface area contributed by atoms with Gasteiger partial charge in [-0.1, -0.05) is 18.2 Å². The number of rotatable bonds is 3. The molecule has 0 aromatic heterocycles. The Morgan fingerprint density at radius 1 is 1.44 bits per heavy atom. The number of hydrogen-bond donors (Lipinski definition) is 2. The summed E-state index contributed by atoms with van der Waals surface area (Å²) in [6.45, 7) is 0.758. The first-order valence-corrected chi connectivity index (χ1v) is 5.91. The van der Waals surface area contributed by atoms with Gasteiger partial charge in [0.15, 0.2) is 0 Å². The van der Waals surface area contributed by atoms with Crippen LogP contribution in [-0.4, -0.2) is 29.4 Å². The van der Waals surface area contributed by atoms with Crippen LogP contribution in [0.15, 0.2) is 24.3 Å². The summed E-state index contributed by atoms with van der Waals surface area (Å²) >= 11 is 4.34. The fraction of sp³-hybridized carbons (Fsp3) is 0.417. The zero-order chi connectivity index (χ0) is 11.5. The molecular weight excluding hydrogens is 222 g/mol. The van der Waals surface area contributed by atoms with E-state index in [1.54, 1.807) is 4.90 Å². The number of para-hydroxylation sites is 1. The summed E-state index contributed by atoms with van der Waals surface area (Å²) in [5.74, 6) is 0.116. The number of amides is 1. The van der Waals surface area contributed by atoms with Crippen LogP contribution in [0.2, 0.25) is 0 Å². The quantitative estimate of drug-likeness (QED) is 0.777. The highest BCUT2D eigenvalue weighted by Gasteiger charge is 2.29. The molecule has 1 aromatic rings. The van der Waals surface area contributed by atoms with Crippen LogP contribution in [0.3, 0.4) is 0 Å². The number of aliphatic hydroxyl groups is 1. The predicted molar refractivity (Wildman–Crippen MR) is 67.0 cm³/mol. The Morgan fingerprint density at radius 2 is 2.19 bits per heavy atom. The van der Waals surface area contributed by atoms with Gasteiger partial charge in [-0.15, -0.1) is 0 Å². The van der Waals surface area contributed by atoms with Crippen molar-refractivity contribution in [2.24, 2.45) is 0 Å². The molecule has 1 unspecified atom stereocenters. The van der Waals surface area contributed by atoms with E-state index in [0.29, 0.717) is 19.4 Å². The van der Waals surface area contributed by atoms with Crippen LogP contribution in [0.4, 0.5) is 5.69 Å². The fourth-order valence-corrected chi connectivity index (χ4v) is 2.35. The second-order valence-corrected chi connectivity index (χ2v) is 4.69. The maximum absolute atomic E-state index is 11.8. The van der Waals surface area contributed by atoms with Gasteiger partial charge in [0.05, 0.1) is 0 Å². The fourth-order valence-electron chi connectivity index (χ4n) is 2.03. The lowest BCUT2D eigenvalue weighted by molar-refractivity contribution is -0.117. The molecule has 0 aliphatic carbocycles. The highest BCUT2D eigenvalue weighted by atomic mass is 32.1. The van der Waals surface area contributed by atoms with Gasteiger partial charge < -0.3 is 10.0 Å². The molecule has 1 amide bonds. The second kappa shape index (κ2) is 4.89. The molecule has 1 aromatic carbocycles. The third-order valence-corrected chi connectivity index (χ3v) is 3.11. The minimum atomic E-state index is 0.101. The van der Waals surface area contributed by atoms with Crippen molar-refractivity contribution in [2.45, 2.75) is 18.1 Å². The van der Waals surface area contributed by atoms with Crippen LogP contribution in [0.25, 0.3) is 0 Å². The summed E-state index contributed by atoms with van der Waals surface area (Å²) in [5, 5.41) is 9.11. The monoisotopic (exact) mass is 237 g/mol. The Hall–Kier alpha value is -1.00. The molecule has 1 N–H and O–H groups in total. The number of anilines is 1. The van der Waals surface area contributed by atoms with E-state index in [9.17, 15) is 4.79 Å². The number of thiol groups is 1. The van der Waals surface area contributed by atoms with Gasteiger partial charge in [0.2, 0.25) is 5.91 Å². The third-order valence-electron chi connectivity index (χ3n) is 2.77. The lowest BCUT2D eigenvalue weighted by Crippen LogP contribution is -2.25. The molecule has 3 nitrogen and oxygen atoms in total. The van der Waals surface area contributed by atoms with Crippen LogP contribution >= 0.6 is 12.6 Å². The zero-order valence-corrected chi connectivity index (χ0v) is 9.86. The molecule has 1 aliphatic rings. The lowest BCUT2D eigenvalue weighted by atomic mass is 10.1. The summed E-state index contributed by atoms with van der Waals surface area (Å²) in [6, 6.07) is 7.71. The van der Waals surface area contributed by atoms with Crippen molar-refractivity contribution in [1.82, 2.24) is 0 Å². The Morgan fingerprint density at radius 3 is 2.81 bits per heavy atom. The first kappa shape index (κ1) is 11.5. The van der Waals surface area contributed by atoms with Gasteiger partial charge in [0, 0.05) is 30.5 Å². The molecule has 0 spiro atoms. The Labute approximate surface area is 100 Å². The Kier molecular flexibility index (Phi) is 3.51. The second-order valence-electron chi connectivity index (χ2n) is 3.96. The first-order chi connectivity index (χ1) is 7.72. The summed E-state index contributed by atoms with van der Waals surface area (Å²) in [5.41, 5.74) is 1.93. The van der Waals surface area contributed by atoms with Gasteiger partial charge in [-0.3, -0.25) is 4.79 Å². The van der Waals surface area contributed by atoms with Crippen molar-refractivity contribution in [3.05, 3.63) is 29.8 Å². The van der Waals surface area contributed by atoms with Gasteiger partial charge in [0.1, 0.15) is 0 Å². The van der Waals surface area contributed by atoms with E-state index >= 15 is 0 Å². The van der Waals surface area contributed by atoms with Crippen LogP contribution in [0, 0.1) is 0 Å². The van der Waals surface area contributed by atoms with Crippen molar-refractivity contribution in [3.8, 4) is 0 Å². The van der Waals surface area contributed by atoms with Gasteiger partial charge in [-0.2, -0.15) is 12.6 Å². The molecule has 0 bridgehead atoms. The van der Waals surface area contributed by atoms with E-state index in [-0.39, 0.29) is 17.8 Å². The van der Waals surface area contributed by atoms with Crippen molar-refractivity contribution in [3.63, 3.8) is 0 Å². The topological polar surface area (TPSA) is 40.5 Å². The highest BCUT2D eigenvalue weighted by molar-refractivity contribution is 7.81. The molecule has 86 valence electrons. The molecule has 0 saturated carbocycles. The van der Waals surface area contributed by atoms with Crippen LogP contribution in [0.1, 0.15) is 12.0 Å². The van der Waals surface area contributed by atoms with Crippen LogP contribution in [-0.2, 0) is 11.2 Å². The van der Waals surface area contributed by atoms with E-state index < -0.39 is 0 Å². The SMILES string of the molecule is O=C1CC(S)CN1c1ccccc1CCO. The number of carbonyl (C=O) groups excluding carboxylic acids is 1. The molecule has 1 fully saturated rings. The minimum Gasteiger partial charge on any atom is -0.396 e. The highest BCUT2D eigenvalue weighted by Crippen LogP contribution is 2.27. The molecule has 4 heteroatoms. The standard InChI is InChI=1S/C12H15NO2S/c14-6-5-9-3-1-2-4-11(9)13-8-10(16)7-12(13)15/h1-4,10,14,16H,5-8H2. The van der Waals surface area contributed by atoms with E-state index in [1.807, 2.05) is 24.3 Å². The van der Waals surface area contributed by atoms with Gasteiger partial charge in [-0.25, -0.2) is 0 Å². The number of carbonyl (C=O) groups is 1. The summed E-state index contributed by atoms with van der Waals surface area (Å²) < 4.78 is 0. The average molecular weight is 237 g/mol. The van der Waals surface area contributed by atoms with Crippen LogP contribution in [0.5, 0.6) is 0 Å². The Bertz CT molecular complexity index is 394. The van der Waals surface area contributed by atoms with Crippen LogP contribution < -0.4 is 4.90 Å². The third kappa shape index (κ3) is 2.23. The summed E-state index contributed by atoms with van der Waals surface area (Å²) in [7, 11) is 0.